The number of rotatable bonds is 7. The van der Waals surface area contributed by atoms with Crippen LogP contribution in [0.5, 0.6) is 0 Å². The number of aliphatic hydroxyl groups excluding tert-OH is 1. The van der Waals surface area contributed by atoms with Crippen LogP contribution >= 0.6 is 11.8 Å². The molecule has 0 aliphatic heterocycles. The minimum Gasteiger partial charge on any atom is -0.396 e. The molecule has 0 aliphatic carbocycles. The van der Waals surface area contributed by atoms with E-state index in [2.05, 4.69) is 12.2 Å². The fourth-order valence-electron chi connectivity index (χ4n) is 1.12. The molecule has 0 spiro atoms. The Labute approximate surface area is 97.0 Å². The summed E-state index contributed by atoms with van der Waals surface area (Å²) < 4.78 is 0. The van der Waals surface area contributed by atoms with Gasteiger partial charge in [0, 0.05) is 17.9 Å². The number of amides is 1. The molecule has 4 heteroatoms. The fraction of sp³-hybridized carbons (Fsp3) is 0.909. The summed E-state index contributed by atoms with van der Waals surface area (Å²) >= 11 is 1.61. The largest absolute Gasteiger partial charge is 0.396 e. The molecule has 3 atom stereocenters. The third-order valence-electron chi connectivity index (χ3n) is 2.34. The lowest BCUT2D eigenvalue weighted by Crippen LogP contribution is -2.37. The van der Waals surface area contributed by atoms with Crippen LogP contribution in [0.1, 0.15) is 40.5 Å². The van der Waals surface area contributed by atoms with Gasteiger partial charge in [-0.2, -0.15) is 0 Å². The Morgan fingerprint density at radius 2 is 2.00 bits per heavy atom. The van der Waals surface area contributed by atoms with E-state index in [1.807, 2.05) is 20.8 Å². The molecular formula is C11H23NO2S. The van der Waals surface area contributed by atoms with Crippen LogP contribution in [-0.4, -0.2) is 34.2 Å². The van der Waals surface area contributed by atoms with Crippen LogP contribution < -0.4 is 5.32 Å². The van der Waals surface area contributed by atoms with Crippen molar-refractivity contribution in [3.63, 3.8) is 0 Å². The van der Waals surface area contributed by atoms with E-state index in [4.69, 9.17) is 5.11 Å². The zero-order valence-electron chi connectivity index (χ0n) is 10.1. The summed E-state index contributed by atoms with van der Waals surface area (Å²) in [6.45, 7) is 8.20. The second-order valence-electron chi connectivity index (χ2n) is 3.92. The molecule has 90 valence electrons. The van der Waals surface area contributed by atoms with Crippen LogP contribution in [0.4, 0.5) is 0 Å². The van der Waals surface area contributed by atoms with E-state index in [0.717, 1.165) is 12.8 Å². The third kappa shape index (κ3) is 6.79. The summed E-state index contributed by atoms with van der Waals surface area (Å²) in [5.41, 5.74) is 0. The maximum atomic E-state index is 11.7. The van der Waals surface area contributed by atoms with Gasteiger partial charge in [0.2, 0.25) is 5.91 Å². The smallest absolute Gasteiger partial charge is 0.233 e. The van der Waals surface area contributed by atoms with E-state index < -0.39 is 0 Å². The average Bonchev–Trinajstić information content (AvgIpc) is 2.17. The first-order valence-corrected chi connectivity index (χ1v) is 6.52. The van der Waals surface area contributed by atoms with Crippen molar-refractivity contribution in [3.8, 4) is 0 Å². The number of thioether (sulfide) groups is 1. The van der Waals surface area contributed by atoms with Gasteiger partial charge in [-0.3, -0.25) is 4.79 Å². The highest BCUT2D eigenvalue weighted by Crippen LogP contribution is 2.19. The summed E-state index contributed by atoms with van der Waals surface area (Å²) in [5.74, 6) is 0.0964. The van der Waals surface area contributed by atoms with E-state index >= 15 is 0 Å². The van der Waals surface area contributed by atoms with Crippen LogP contribution in [0.3, 0.4) is 0 Å². The first-order valence-electron chi connectivity index (χ1n) is 5.57. The molecule has 0 aliphatic rings. The zero-order valence-corrected chi connectivity index (χ0v) is 10.9. The highest BCUT2D eigenvalue weighted by Gasteiger charge is 2.17. The molecule has 0 aromatic rings. The highest BCUT2D eigenvalue weighted by atomic mass is 32.2. The van der Waals surface area contributed by atoms with Gasteiger partial charge in [-0.25, -0.2) is 0 Å². The summed E-state index contributed by atoms with van der Waals surface area (Å²) in [6.07, 6.45) is 1.70. The molecule has 15 heavy (non-hydrogen) atoms. The maximum Gasteiger partial charge on any atom is 0.233 e. The van der Waals surface area contributed by atoms with Crippen molar-refractivity contribution in [2.45, 2.75) is 57.1 Å². The molecule has 0 aromatic heterocycles. The molecule has 2 N–H and O–H groups in total. The van der Waals surface area contributed by atoms with Crippen LogP contribution in [-0.2, 0) is 4.79 Å². The Balaban J connectivity index is 3.87. The van der Waals surface area contributed by atoms with E-state index in [0.29, 0.717) is 5.25 Å². The molecule has 0 aromatic carbocycles. The van der Waals surface area contributed by atoms with E-state index in [1.165, 1.54) is 0 Å². The first-order chi connectivity index (χ1) is 7.01. The molecule has 0 rings (SSSR count). The lowest BCUT2D eigenvalue weighted by molar-refractivity contribution is -0.120. The van der Waals surface area contributed by atoms with Crippen LogP contribution in [0.2, 0.25) is 0 Å². The number of hydrogen-bond acceptors (Lipinski definition) is 3. The van der Waals surface area contributed by atoms with E-state index in [-0.39, 0.29) is 23.8 Å². The first kappa shape index (κ1) is 14.8. The van der Waals surface area contributed by atoms with Gasteiger partial charge >= 0.3 is 0 Å². The normalized spacial score (nSPS) is 16.9. The van der Waals surface area contributed by atoms with Crippen LogP contribution in [0.15, 0.2) is 0 Å². The van der Waals surface area contributed by atoms with Crippen molar-refractivity contribution in [3.05, 3.63) is 0 Å². The molecule has 3 unspecified atom stereocenters. The van der Waals surface area contributed by atoms with Gasteiger partial charge in [-0.15, -0.1) is 11.8 Å². The van der Waals surface area contributed by atoms with Gasteiger partial charge in [0.1, 0.15) is 0 Å². The second-order valence-corrected chi connectivity index (χ2v) is 5.70. The lowest BCUT2D eigenvalue weighted by atomic mass is 10.2. The Hall–Kier alpha value is -0.220. The molecule has 3 nitrogen and oxygen atoms in total. The summed E-state index contributed by atoms with van der Waals surface area (Å²) in [6, 6.07) is 0.244. The van der Waals surface area contributed by atoms with Crippen molar-refractivity contribution >= 4 is 17.7 Å². The van der Waals surface area contributed by atoms with Crippen LogP contribution in [0, 0.1) is 0 Å². The maximum absolute atomic E-state index is 11.7. The number of carbonyl (C=O) groups excluding carboxylic acids is 1. The predicted octanol–water partition coefficient (Wildman–Crippen LogP) is 1.79. The Bertz CT molecular complexity index is 187. The molecule has 1 amide bonds. The Morgan fingerprint density at radius 1 is 1.40 bits per heavy atom. The SMILES string of the molecule is CCC(C)NC(=O)C(C)SC(C)CCO. The van der Waals surface area contributed by atoms with Crippen molar-refractivity contribution in [1.82, 2.24) is 5.32 Å². The topological polar surface area (TPSA) is 49.3 Å². The van der Waals surface area contributed by atoms with Gasteiger partial charge in [0.15, 0.2) is 0 Å². The van der Waals surface area contributed by atoms with E-state index in [1.54, 1.807) is 11.8 Å². The van der Waals surface area contributed by atoms with Crippen LogP contribution in [0.25, 0.3) is 0 Å². The summed E-state index contributed by atoms with van der Waals surface area (Å²) in [7, 11) is 0. The summed E-state index contributed by atoms with van der Waals surface area (Å²) in [4.78, 5) is 11.7. The molecule has 0 saturated heterocycles. The number of nitrogens with one attached hydrogen (secondary N) is 1. The minimum atomic E-state index is -0.0412. The quantitative estimate of drug-likeness (QED) is 0.705. The predicted molar refractivity (Wildman–Crippen MR) is 66.1 cm³/mol. The highest BCUT2D eigenvalue weighted by molar-refractivity contribution is 8.01. The van der Waals surface area contributed by atoms with Gasteiger partial charge in [0.05, 0.1) is 5.25 Å². The zero-order chi connectivity index (χ0) is 11.8. The van der Waals surface area contributed by atoms with Crippen molar-refractivity contribution in [2.24, 2.45) is 0 Å². The molecule has 0 saturated carbocycles. The minimum absolute atomic E-state index is 0.0412. The van der Waals surface area contributed by atoms with Gasteiger partial charge in [-0.1, -0.05) is 13.8 Å². The molecule has 0 radical (unpaired) electrons. The number of aliphatic hydroxyl groups is 1. The molecule has 0 bridgehead atoms. The van der Waals surface area contributed by atoms with Gasteiger partial charge in [-0.05, 0) is 26.7 Å². The lowest BCUT2D eigenvalue weighted by Gasteiger charge is -2.18. The van der Waals surface area contributed by atoms with Crippen molar-refractivity contribution in [2.75, 3.05) is 6.61 Å². The Kier molecular flexibility index (Phi) is 7.88. The molecule has 0 heterocycles. The molecular weight excluding hydrogens is 210 g/mol. The summed E-state index contributed by atoms with van der Waals surface area (Å²) in [5, 5.41) is 12.0. The average molecular weight is 233 g/mol. The molecule has 0 fully saturated rings. The third-order valence-corrected chi connectivity index (χ3v) is 3.66. The van der Waals surface area contributed by atoms with Crippen molar-refractivity contribution in [1.29, 1.82) is 0 Å². The standard InChI is InChI=1S/C11H23NO2S/c1-5-8(2)12-11(14)10(4)15-9(3)6-7-13/h8-10,13H,5-7H2,1-4H3,(H,12,14). The Morgan fingerprint density at radius 3 is 2.47 bits per heavy atom. The fourth-order valence-corrected chi connectivity index (χ4v) is 2.25. The van der Waals surface area contributed by atoms with E-state index in [9.17, 15) is 4.79 Å². The van der Waals surface area contributed by atoms with Gasteiger partial charge in [0.25, 0.3) is 0 Å². The monoisotopic (exact) mass is 233 g/mol. The number of carbonyl (C=O) groups is 1. The number of hydrogen-bond donors (Lipinski definition) is 2. The van der Waals surface area contributed by atoms with Gasteiger partial charge < -0.3 is 10.4 Å². The van der Waals surface area contributed by atoms with Crippen molar-refractivity contribution < 1.29 is 9.90 Å². The second kappa shape index (κ2) is 7.99.